The van der Waals surface area contributed by atoms with Gasteiger partial charge in [0.25, 0.3) is 0 Å². The van der Waals surface area contributed by atoms with Crippen LogP contribution in [0, 0.1) is 0 Å². The average Bonchev–Trinajstić information content (AvgIpc) is 3.00. The van der Waals surface area contributed by atoms with E-state index in [0.29, 0.717) is 6.04 Å². The minimum Gasteiger partial charge on any atom is -0.496 e. The third-order valence-corrected chi connectivity index (χ3v) is 4.56. The predicted octanol–water partition coefficient (Wildman–Crippen LogP) is 3.91. The molecule has 0 saturated carbocycles. The maximum Gasteiger partial charge on any atom is 0.122 e. The van der Waals surface area contributed by atoms with Crippen LogP contribution in [0.25, 0.3) is 0 Å². The highest BCUT2D eigenvalue weighted by Gasteiger charge is 2.10. The number of benzene rings is 1. The van der Waals surface area contributed by atoms with E-state index >= 15 is 0 Å². The van der Waals surface area contributed by atoms with E-state index in [0.717, 1.165) is 12.2 Å². The number of aryl methyl sites for hydroxylation is 1. The smallest absolute Gasteiger partial charge is 0.122 e. The van der Waals surface area contributed by atoms with Crippen molar-refractivity contribution in [2.24, 2.45) is 0 Å². The topological polar surface area (TPSA) is 21.3 Å². The molecule has 1 N–H and O–H groups in total. The van der Waals surface area contributed by atoms with E-state index in [4.69, 9.17) is 4.74 Å². The summed E-state index contributed by atoms with van der Waals surface area (Å²) in [6.07, 6.45) is 4.61. The zero-order valence-electron chi connectivity index (χ0n) is 12.3. The number of para-hydroxylation sites is 1. The van der Waals surface area contributed by atoms with E-state index < -0.39 is 0 Å². The van der Waals surface area contributed by atoms with Crippen molar-refractivity contribution >= 4 is 11.3 Å². The summed E-state index contributed by atoms with van der Waals surface area (Å²) in [4.78, 5) is 1.48. The van der Waals surface area contributed by atoms with Gasteiger partial charge in [0.15, 0.2) is 0 Å². The molecule has 1 unspecified atom stereocenters. The number of hydrogen-bond acceptors (Lipinski definition) is 3. The van der Waals surface area contributed by atoms with Crippen LogP contribution in [-0.4, -0.2) is 20.2 Å². The first-order chi connectivity index (χ1) is 9.83. The van der Waals surface area contributed by atoms with Crippen molar-refractivity contribution in [1.29, 1.82) is 0 Å². The van der Waals surface area contributed by atoms with Crippen LogP contribution >= 0.6 is 11.3 Å². The Labute approximate surface area is 125 Å². The SMILES string of the molecule is CNC(CCCc1cccs1)Cc1ccccc1OC. The van der Waals surface area contributed by atoms with Gasteiger partial charge in [0.05, 0.1) is 7.11 Å². The maximum atomic E-state index is 5.43. The molecule has 1 aromatic carbocycles. The number of likely N-dealkylation sites (N-methyl/N-ethyl adjacent to an activating group) is 1. The van der Waals surface area contributed by atoms with Crippen LogP contribution in [0.1, 0.15) is 23.3 Å². The fourth-order valence-electron chi connectivity index (χ4n) is 2.46. The molecular weight excluding hydrogens is 266 g/mol. The van der Waals surface area contributed by atoms with Crippen LogP contribution < -0.4 is 10.1 Å². The Morgan fingerprint density at radius 1 is 1.20 bits per heavy atom. The Kier molecular flexibility index (Phi) is 6.09. The van der Waals surface area contributed by atoms with Gasteiger partial charge in [-0.05, 0) is 55.8 Å². The van der Waals surface area contributed by atoms with E-state index in [1.54, 1.807) is 7.11 Å². The molecule has 0 spiro atoms. The molecule has 0 saturated heterocycles. The van der Waals surface area contributed by atoms with Crippen molar-refractivity contribution < 1.29 is 4.74 Å². The highest BCUT2D eigenvalue weighted by Crippen LogP contribution is 2.20. The zero-order chi connectivity index (χ0) is 14.2. The summed E-state index contributed by atoms with van der Waals surface area (Å²) >= 11 is 1.85. The number of hydrogen-bond donors (Lipinski definition) is 1. The molecule has 108 valence electrons. The normalized spacial score (nSPS) is 12.3. The third-order valence-electron chi connectivity index (χ3n) is 3.62. The molecule has 0 radical (unpaired) electrons. The lowest BCUT2D eigenvalue weighted by atomic mass is 10.00. The Bertz CT molecular complexity index is 495. The Balaban J connectivity index is 1.85. The van der Waals surface area contributed by atoms with Gasteiger partial charge in [-0.25, -0.2) is 0 Å². The molecule has 1 atom stereocenters. The summed E-state index contributed by atoms with van der Waals surface area (Å²) < 4.78 is 5.43. The molecule has 0 aliphatic carbocycles. The number of thiophene rings is 1. The van der Waals surface area contributed by atoms with Gasteiger partial charge in [-0.3, -0.25) is 0 Å². The standard InChI is InChI=1S/C17H23NOS/c1-18-15(8-5-9-16-10-6-12-20-16)13-14-7-3-4-11-17(14)19-2/h3-4,6-7,10-12,15,18H,5,8-9,13H2,1-2H3. The molecule has 3 heteroatoms. The van der Waals surface area contributed by atoms with Gasteiger partial charge in [-0.15, -0.1) is 11.3 Å². The maximum absolute atomic E-state index is 5.43. The Morgan fingerprint density at radius 3 is 2.75 bits per heavy atom. The minimum absolute atomic E-state index is 0.506. The van der Waals surface area contributed by atoms with Crippen LogP contribution in [-0.2, 0) is 12.8 Å². The van der Waals surface area contributed by atoms with E-state index in [2.05, 4.69) is 35.0 Å². The molecule has 2 nitrogen and oxygen atoms in total. The number of rotatable bonds is 8. The molecular formula is C17H23NOS. The summed E-state index contributed by atoms with van der Waals surface area (Å²) in [6.45, 7) is 0. The number of ether oxygens (including phenoxy) is 1. The third kappa shape index (κ3) is 4.36. The summed E-state index contributed by atoms with van der Waals surface area (Å²) in [5, 5.41) is 5.58. The van der Waals surface area contributed by atoms with Crippen molar-refractivity contribution in [2.45, 2.75) is 31.7 Å². The summed E-state index contributed by atoms with van der Waals surface area (Å²) in [7, 11) is 3.79. The lowest BCUT2D eigenvalue weighted by molar-refractivity contribution is 0.404. The molecule has 0 fully saturated rings. The second kappa shape index (κ2) is 8.08. The fraction of sp³-hybridized carbons (Fsp3) is 0.412. The number of nitrogens with one attached hydrogen (secondary N) is 1. The molecule has 2 rings (SSSR count). The highest BCUT2D eigenvalue weighted by atomic mass is 32.1. The first-order valence-corrected chi connectivity index (χ1v) is 8.03. The zero-order valence-corrected chi connectivity index (χ0v) is 13.1. The van der Waals surface area contributed by atoms with E-state index in [1.165, 1.54) is 29.7 Å². The molecule has 0 aliphatic rings. The second-order valence-electron chi connectivity index (χ2n) is 4.97. The van der Waals surface area contributed by atoms with E-state index in [1.807, 2.05) is 30.5 Å². The largest absolute Gasteiger partial charge is 0.496 e. The van der Waals surface area contributed by atoms with Gasteiger partial charge in [-0.2, -0.15) is 0 Å². The lowest BCUT2D eigenvalue weighted by Crippen LogP contribution is -2.27. The summed E-state index contributed by atoms with van der Waals surface area (Å²) in [6, 6.07) is 13.1. The Hall–Kier alpha value is -1.32. The molecule has 2 aromatic rings. The molecule has 0 bridgehead atoms. The van der Waals surface area contributed by atoms with Crippen LogP contribution in [0.3, 0.4) is 0 Å². The van der Waals surface area contributed by atoms with Crippen LogP contribution in [0.2, 0.25) is 0 Å². The highest BCUT2D eigenvalue weighted by molar-refractivity contribution is 7.09. The van der Waals surface area contributed by atoms with Gasteiger partial charge in [0.1, 0.15) is 5.75 Å². The monoisotopic (exact) mass is 289 g/mol. The van der Waals surface area contributed by atoms with E-state index in [-0.39, 0.29) is 0 Å². The van der Waals surface area contributed by atoms with Crippen LogP contribution in [0.5, 0.6) is 5.75 Å². The van der Waals surface area contributed by atoms with Gasteiger partial charge in [0.2, 0.25) is 0 Å². The van der Waals surface area contributed by atoms with Crippen molar-refractivity contribution in [3.63, 3.8) is 0 Å². The Morgan fingerprint density at radius 2 is 2.05 bits per heavy atom. The number of methoxy groups -OCH3 is 1. The van der Waals surface area contributed by atoms with Gasteiger partial charge in [-0.1, -0.05) is 24.3 Å². The van der Waals surface area contributed by atoms with E-state index in [9.17, 15) is 0 Å². The first-order valence-electron chi connectivity index (χ1n) is 7.15. The van der Waals surface area contributed by atoms with Gasteiger partial charge in [0, 0.05) is 10.9 Å². The summed E-state index contributed by atoms with van der Waals surface area (Å²) in [5.41, 5.74) is 1.28. The molecule has 0 amide bonds. The van der Waals surface area contributed by atoms with Gasteiger partial charge >= 0.3 is 0 Å². The molecule has 20 heavy (non-hydrogen) atoms. The van der Waals surface area contributed by atoms with Gasteiger partial charge < -0.3 is 10.1 Å². The average molecular weight is 289 g/mol. The molecule has 1 aromatic heterocycles. The van der Waals surface area contributed by atoms with Crippen molar-refractivity contribution in [1.82, 2.24) is 5.32 Å². The second-order valence-corrected chi connectivity index (χ2v) is 6.01. The fourth-order valence-corrected chi connectivity index (χ4v) is 3.21. The minimum atomic E-state index is 0.506. The van der Waals surface area contributed by atoms with Crippen molar-refractivity contribution in [2.75, 3.05) is 14.2 Å². The van der Waals surface area contributed by atoms with Crippen molar-refractivity contribution in [3.05, 3.63) is 52.2 Å². The predicted molar refractivity (Wildman–Crippen MR) is 86.8 cm³/mol. The van der Waals surface area contributed by atoms with Crippen LogP contribution in [0.4, 0.5) is 0 Å². The first kappa shape index (κ1) is 15.1. The van der Waals surface area contributed by atoms with Crippen LogP contribution in [0.15, 0.2) is 41.8 Å². The van der Waals surface area contributed by atoms with Crippen molar-refractivity contribution in [3.8, 4) is 5.75 Å². The molecule has 0 aliphatic heterocycles. The quantitative estimate of drug-likeness (QED) is 0.795. The molecule has 1 heterocycles. The lowest BCUT2D eigenvalue weighted by Gasteiger charge is -2.17. The summed E-state index contributed by atoms with van der Waals surface area (Å²) in [5.74, 6) is 0.992.